The average molecular weight is 417 g/mol. The normalized spacial score (nSPS) is 13.9. The Hall–Kier alpha value is -3.45. The van der Waals surface area contributed by atoms with E-state index in [1.807, 2.05) is 71.6 Å². The molecule has 1 aliphatic heterocycles. The van der Waals surface area contributed by atoms with Crippen molar-refractivity contribution in [2.24, 2.45) is 0 Å². The van der Waals surface area contributed by atoms with E-state index < -0.39 is 0 Å². The van der Waals surface area contributed by atoms with E-state index in [4.69, 9.17) is 0 Å². The van der Waals surface area contributed by atoms with E-state index >= 15 is 0 Å². The molecule has 0 bridgehead atoms. The highest BCUT2D eigenvalue weighted by atomic mass is 32.1. The number of amides is 2. The predicted octanol–water partition coefficient (Wildman–Crippen LogP) is 4.75. The molecular weight excluding hydrogens is 396 g/mol. The topological polar surface area (TPSA) is 66.7 Å². The molecule has 2 aromatic heterocycles. The first-order valence-corrected chi connectivity index (χ1v) is 10.7. The van der Waals surface area contributed by atoms with Gasteiger partial charge in [0.05, 0.1) is 16.9 Å². The molecule has 30 heavy (non-hydrogen) atoms. The van der Waals surface area contributed by atoms with Crippen LogP contribution in [0.15, 0.2) is 60.2 Å². The Labute approximate surface area is 177 Å². The summed E-state index contributed by atoms with van der Waals surface area (Å²) in [7, 11) is 0. The SMILES string of the molecule is Cc1ccc(N2CCCC2=O)c(C(=O)Nc2ccc(-c3cn4ccsc4n3)cc2)c1. The number of thiazole rings is 1. The van der Waals surface area contributed by atoms with E-state index in [0.29, 0.717) is 29.9 Å². The summed E-state index contributed by atoms with van der Waals surface area (Å²) < 4.78 is 1.99. The van der Waals surface area contributed by atoms with Crippen LogP contribution in [0.4, 0.5) is 11.4 Å². The molecule has 7 heteroatoms. The van der Waals surface area contributed by atoms with Gasteiger partial charge < -0.3 is 10.2 Å². The predicted molar refractivity (Wildman–Crippen MR) is 119 cm³/mol. The summed E-state index contributed by atoms with van der Waals surface area (Å²) in [6.45, 7) is 2.59. The van der Waals surface area contributed by atoms with Gasteiger partial charge in [-0.2, -0.15) is 0 Å². The van der Waals surface area contributed by atoms with E-state index in [0.717, 1.165) is 28.2 Å². The molecule has 2 amide bonds. The number of carbonyl (C=O) groups excluding carboxylic acids is 2. The molecule has 1 fully saturated rings. The monoisotopic (exact) mass is 416 g/mol. The lowest BCUT2D eigenvalue weighted by atomic mass is 10.1. The maximum absolute atomic E-state index is 13.0. The van der Waals surface area contributed by atoms with Crippen molar-refractivity contribution in [3.8, 4) is 11.3 Å². The van der Waals surface area contributed by atoms with Gasteiger partial charge in [-0.1, -0.05) is 23.8 Å². The minimum absolute atomic E-state index is 0.0669. The first-order chi connectivity index (χ1) is 14.6. The fraction of sp³-hybridized carbons (Fsp3) is 0.174. The Morgan fingerprint density at radius 3 is 2.73 bits per heavy atom. The number of nitrogens with one attached hydrogen (secondary N) is 1. The van der Waals surface area contributed by atoms with Gasteiger partial charge in [0, 0.05) is 42.0 Å². The third-order valence-corrected chi connectivity index (χ3v) is 6.06. The summed E-state index contributed by atoms with van der Waals surface area (Å²) in [5.41, 5.74) is 4.76. The van der Waals surface area contributed by atoms with Crippen molar-refractivity contribution in [1.82, 2.24) is 9.38 Å². The summed E-state index contributed by atoms with van der Waals surface area (Å²) in [6, 6.07) is 13.3. The van der Waals surface area contributed by atoms with E-state index in [1.54, 1.807) is 16.2 Å². The Kier molecular flexibility index (Phi) is 4.59. The Balaban J connectivity index is 1.38. The molecule has 0 saturated carbocycles. The zero-order valence-electron chi connectivity index (χ0n) is 16.5. The van der Waals surface area contributed by atoms with Crippen LogP contribution in [-0.4, -0.2) is 27.7 Å². The van der Waals surface area contributed by atoms with Gasteiger partial charge in [-0.15, -0.1) is 11.3 Å². The van der Waals surface area contributed by atoms with Crippen molar-refractivity contribution in [1.29, 1.82) is 0 Å². The highest BCUT2D eigenvalue weighted by Crippen LogP contribution is 2.28. The molecule has 6 nitrogen and oxygen atoms in total. The summed E-state index contributed by atoms with van der Waals surface area (Å²) >= 11 is 1.59. The van der Waals surface area contributed by atoms with Crippen LogP contribution in [0.25, 0.3) is 16.2 Å². The lowest BCUT2D eigenvalue weighted by molar-refractivity contribution is -0.117. The molecule has 0 radical (unpaired) electrons. The number of hydrogen-bond donors (Lipinski definition) is 1. The van der Waals surface area contributed by atoms with Crippen molar-refractivity contribution in [3.63, 3.8) is 0 Å². The fourth-order valence-electron chi connectivity index (χ4n) is 3.76. The van der Waals surface area contributed by atoms with Crippen LogP contribution in [0.3, 0.4) is 0 Å². The lowest BCUT2D eigenvalue weighted by Crippen LogP contribution is -2.27. The van der Waals surface area contributed by atoms with Crippen molar-refractivity contribution in [3.05, 3.63) is 71.4 Å². The van der Waals surface area contributed by atoms with Gasteiger partial charge in [0.25, 0.3) is 5.91 Å². The molecular formula is C23H20N4O2S. The lowest BCUT2D eigenvalue weighted by Gasteiger charge is -2.20. The number of anilines is 2. The van der Waals surface area contributed by atoms with Gasteiger partial charge in [-0.05, 0) is 37.6 Å². The molecule has 5 rings (SSSR count). The molecule has 4 aromatic rings. The molecule has 1 aliphatic rings. The number of rotatable bonds is 4. The molecule has 1 N–H and O–H groups in total. The highest BCUT2D eigenvalue weighted by Gasteiger charge is 2.26. The summed E-state index contributed by atoms with van der Waals surface area (Å²) in [4.78, 5) is 32.5. The van der Waals surface area contributed by atoms with Crippen LogP contribution in [-0.2, 0) is 4.79 Å². The van der Waals surface area contributed by atoms with E-state index in [1.165, 1.54) is 0 Å². The summed E-state index contributed by atoms with van der Waals surface area (Å²) in [6.07, 6.45) is 5.32. The molecule has 0 aliphatic carbocycles. The quantitative estimate of drug-likeness (QED) is 0.522. The second kappa shape index (κ2) is 7.42. The molecule has 0 spiro atoms. The molecule has 2 aromatic carbocycles. The number of aryl methyl sites for hydroxylation is 1. The molecule has 150 valence electrons. The van der Waals surface area contributed by atoms with Crippen LogP contribution in [0.5, 0.6) is 0 Å². The van der Waals surface area contributed by atoms with Crippen LogP contribution >= 0.6 is 11.3 Å². The second-order valence-electron chi connectivity index (χ2n) is 7.42. The van der Waals surface area contributed by atoms with Crippen LogP contribution in [0.2, 0.25) is 0 Å². The molecule has 0 unspecified atom stereocenters. The van der Waals surface area contributed by atoms with Crippen LogP contribution < -0.4 is 10.2 Å². The summed E-state index contributed by atoms with van der Waals surface area (Å²) in [5, 5.41) is 4.96. The van der Waals surface area contributed by atoms with Gasteiger partial charge in [0.1, 0.15) is 0 Å². The maximum atomic E-state index is 13.0. The third-order valence-electron chi connectivity index (χ3n) is 5.29. The van der Waals surface area contributed by atoms with Crippen molar-refractivity contribution >= 4 is 39.5 Å². The van der Waals surface area contributed by atoms with Crippen LogP contribution in [0.1, 0.15) is 28.8 Å². The Morgan fingerprint density at radius 2 is 2.00 bits per heavy atom. The number of benzene rings is 2. The smallest absolute Gasteiger partial charge is 0.257 e. The van der Waals surface area contributed by atoms with Gasteiger partial charge in [-0.3, -0.25) is 14.0 Å². The van der Waals surface area contributed by atoms with Gasteiger partial charge in [0.15, 0.2) is 4.96 Å². The minimum Gasteiger partial charge on any atom is -0.322 e. The number of imidazole rings is 1. The number of carbonyl (C=O) groups is 2. The Morgan fingerprint density at radius 1 is 1.17 bits per heavy atom. The van der Waals surface area contributed by atoms with Gasteiger partial charge >= 0.3 is 0 Å². The van der Waals surface area contributed by atoms with Crippen LogP contribution in [0, 0.1) is 6.92 Å². The van der Waals surface area contributed by atoms with E-state index in [9.17, 15) is 9.59 Å². The van der Waals surface area contributed by atoms with Gasteiger partial charge in [0.2, 0.25) is 5.91 Å². The molecule has 0 atom stereocenters. The number of hydrogen-bond acceptors (Lipinski definition) is 4. The number of aromatic nitrogens is 2. The Bertz CT molecular complexity index is 1230. The van der Waals surface area contributed by atoms with Crippen molar-refractivity contribution < 1.29 is 9.59 Å². The number of fused-ring (bicyclic) bond motifs is 1. The summed E-state index contributed by atoms with van der Waals surface area (Å²) in [5.74, 6) is -0.152. The zero-order chi connectivity index (χ0) is 20.7. The van der Waals surface area contributed by atoms with Crippen molar-refractivity contribution in [2.75, 3.05) is 16.8 Å². The largest absolute Gasteiger partial charge is 0.322 e. The molecule has 1 saturated heterocycles. The van der Waals surface area contributed by atoms with E-state index in [-0.39, 0.29) is 11.8 Å². The first-order valence-electron chi connectivity index (χ1n) is 9.83. The van der Waals surface area contributed by atoms with Gasteiger partial charge in [-0.25, -0.2) is 4.98 Å². The zero-order valence-corrected chi connectivity index (χ0v) is 17.3. The number of nitrogens with zero attached hydrogens (tertiary/aromatic N) is 3. The standard InChI is InChI=1S/C23H20N4O2S/c1-15-4-9-20(27-10-2-3-21(27)28)18(13-15)22(29)24-17-7-5-16(6-8-17)19-14-26-11-12-30-23(26)25-19/h4-9,11-14H,2-3,10H2,1H3,(H,24,29). The van der Waals surface area contributed by atoms with E-state index in [2.05, 4.69) is 10.3 Å². The van der Waals surface area contributed by atoms with Crippen molar-refractivity contribution in [2.45, 2.75) is 19.8 Å². The highest BCUT2D eigenvalue weighted by molar-refractivity contribution is 7.15. The average Bonchev–Trinajstić information content (AvgIpc) is 3.45. The molecule has 3 heterocycles. The third kappa shape index (κ3) is 3.37. The maximum Gasteiger partial charge on any atom is 0.257 e. The first kappa shape index (κ1) is 18.6. The second-order valence-corrected chi connectivity index (χ2v) is 8.29. The minimum atomic E-state index is -0.219. The fourth-order valence-corrected chi connectivity index (χ4v) is 4.46.